The average molecular weight is 459 g/mol. The minimum atomic E-state index is -4.54. The van der Waals surface area contributed by atoms with Crippen molar-refractivity contribution in [3.8, 4) is 0 Å². The Morgan fingerprint density at radius 2 is 1.58 bits per heavy atom. The van der Waals surface area contributed by atoms with Crippen LogP contribution in [0.25, 0.3) is 0 Å². The molecule has 2 aromatic rings. The Balaban J connectivity index is 1.50. The molecule has 1 fully saturated rings. The molecule has 0 unspecified atom stereocenters. The lowest BCUT2D eigenvalue weighted by Crippen LogP contribution is -2.49. The van der Waals surface area contributed by atoms with Gasteiger partial charge in [-0.1, -0.05) is 12.1 Å². The predicted octanol–water partition coefficient (Wildman–Crippen LogP) is 3.18. The van der Waals surface area contributed by atoms with Gasteiger partial charge in [0.25, 0.3) is 0 Å². The molecule has 1 N–H and O–H groups in total. The van der Waals surface area contributed by atoms with E-state index in [-0.39, 0.29) is 36.0 Å². The number of rotatable bonds is 6. The molecule has 11 heteroatoms. The summed E-state index contributed by atoms with van der Waals surface area (Å²) in [4.78, 5) is 13.7. The smallest absolute Gasteiger partial charge is 0.324 e. The van der Waals surface area contributed by atoms with Crippen molar-refractivity contribution in [3.05, 3.63) is 59.9 Å². The second kappa shape index (κ2) is 9.33. The zero-order valence-electron chi connectivity index (χ0n) is 16.4. The van der Waals surface area contributed by atoms with Gasteiger partial charge >= 0.3 is 6.18 Å². The molecule has 0 aliphatic carbocycles. The van der Waals surface area contributed by atoms with Crippen molar-refractivity contribution in [2.24, 2.45) is 0 Å². The largest absolute Gasteiger partial charge is 0.416 e. The molecule has 1 amide bonds. The van der Waals surface area contributed by atoms with Crippen LogP contribution in [-0.4, -0.2) is 56.3 Å². The molecule has 0 aromatic heterocycles. The van der Waals surface area contributed by atoms with E-state index in [9.17, 15) is 30.8 Å². The maximum Gasteiger partial charge on any atom is 0.416 e. The molecule has 0 spiro atoms. The first-order chi connectivity index (χ1) is 14.6. The predicted molar refractivity (Wildman–Crippen MR) is 106 cm³/mol. The van der Waals surface area contributed by atoms with Crippen molar-refractivity contribution in [2.75, 3.05) is 38.0 Å². The van der Waals surface area contributed by atoms with E-state index in [1.54, 1.807) is 6.07 Å². The first-order valence-electron chi connectivity index (χ1n) is 9.51. The molecule has 6 nitrogen and oxygen atoms in total. The number of alkyl halides is 3. The van der Waals surface area contributed by atoms with Crippen LogP contribution >= 0.6 is 0 Å². The second-order valence-electron chi connectivity index (χ2n) is 7.05. The summed E-state index contributed by atoms with van der Waals surface area (Å²) in [5.74, 6) is -0.886. The number of piperazine rings is 1. The third-order valence-corrected chi connectivity index (χ3v) is 6.87. The van der Waals surface area contributed by atoms with Gasteiger partial charge in [-0.05, 0) is 36.4 Å². The Bertz CT molecular complexity index is 1020. The lowest BCUT2D eigenvalue weighted by Gasteiger charge is -2.33. The standard InChI is InChI=1S/C20H21F4N3O3S/c21-17-3-1-2-4-18(17)25-19(28)9-10-26-11-13-27(14-12-26)31(29,30)16-7-5-15(6-8-16)20(22,23)24/h1-8H,9-14H2,(H,25,28). The summed E-state index contributed by atoms with van der Waals surface area (Å²) in [7, 11) is -3.91. The van der Waals surface area contributed by atoms with Gasteiger partial charge in [0, 0.05) is 39.1 Å². The highest BCUT2D eigenvalue weighted by molar-refractivity contribution is 7.89. The van der Waals surface area contributed by atoms with Crippen LogP contribution in [0.3, 0.4) is 0 Å². The molecule has 0 bridgehead atoms. The maximum absolute atomic E-state index is 13.6. The molecular weight excluding hydrogens is 438 g/mol. The Hall–Kier alpha value is -2.50. The normalized spacial score (nSPS) is 16.3. The minimum absolute atomic E-state index is 0.0972. The number of carbonyl (C=O) groups is 1. The topological polar surface area (TPSA) is 69.7 Å². The Kier molecular flexibility index (Phi) is 6.97. The van der Waals surface area contributed by atoms with Gasteiger partial charge < -0.3 is 10.2 Å². The number of carbonyl (C=O) groups excluding carboxylic acids is 1. The van der Waals surface area contributed by atoms with Gasteiger partial charge in [0.15, 0.2) is 0 Å². The quantitative estimate of drug-likeness (QED) is 0.674. The van der Waals surface area contributed by atoms with E-state index in [2.05, 4.69) is 5.32 Å². The molecule has 3 rings (SSSR count). The number of nitrogens with one attached hydrogen (secondary N) is 1. The van der Waals surface area contributed by atoms with Crippen LogP contribution < -0.4 is 5.32 Å². The summed E-state index contributed by atoms with van der Waals surface area (Å²) >= 11 is 0. The van der Waals surface area contributed by atoms with Crippen molar-refractivity contribution in [1.82, 2.24) is 9.21 Å². The second-order valence-corrected chi connectivity index (χ2v) is 8.98. The SMILES string of the molecule is O=C(CCN1CCN(S(=O)(=O)c2ccc(C(F)(F)F)cc2)CC1)Nc1ccccc1F. The summed E-state index contributed by atoms with van der Waals surface area (Å²) in [6, 6.07) is 9.23. The lowest BCUT2D eigenvalue weighted by atomic mass is 10.2. The van der Waals surface area contributed by atoms with Crippen LogP contribution in [0.1, 0.15) is 12.0 Å². The van der Waals surface area contributed by atoms with Crippen molar-refractivity contribution in [2.45, 2.75) is 17.5 Å². The van der Waals surface area contributed by atoms with E-state index >= 15 is 0 Å². The van der Waals surface area contributed by atoms with Crippen LogP contribution in [0, 0.1) is 5.82 Å². The van der Waals surface area contributed by atoms with Crippen LogP contribution in [0.2, 0.25) is 0 Å². The lowest BCUT2D eigenvalue weighted by molar-refractivity contribution is -0.137. The molecular formula is C20H21F4N3O3S. The van der Waals surface area contributed by atoms with Crippen molar-refractivity contribution < 1.29 is 30.8 Å². The van der Waals surface area contributed by atoms with Crippen LogP contribution in [-0.2, 0) is 21.0 Å². The molecule has 2 aromatic carbocycles. The van der Waals surface area contributed by atoms with E-state index < -0.39 is 27.6 Å². The molecule has 0 saturated carbocycles. The molecule has 31 heavy (non-hydrogen) atoms. The molecule has 1 saturated heterocycles. The molecule has 1 aliphatic rings. The Labute approximate surface area is 177 Å². The van der Waals surface area contributed by atoms with Crippen LogP contribution in [0.15, 0.2) is 53.4 Å². The van der Waals surface area contributed by atoms with Gasteiger partial charge in [0.05, 0.1) is 16.1 Å². The molecule has 1 aliphatic heterocycles. The van der Waals surface area contributed by atoms with E-state index in [0.717, 1.165) is 24.3 Å². The van der Waals surface area contributed by atoms with Crippen LogP contribution in [0.4, 0.5) is 23.2 Å². The number of sulfonamides is 1. The zero-order valence-corrected chi connectivity index (χ0v) is 17.2. The van der Waals surface area contributed by atoms with E-state index in [0.29, 0.717) is 19.6 Å². The van der Waals surface area contributed by atoms with E-state index in [1.165, 1.54) is 22.5 Å². The maximum atomic E-state index is 13.6. The number of halogens is 4. The van der Waals surface area contributed by atoms with E-state index in [4.69, 9.17) is 0 Å². The van der Waals surface area contributed by atoms with Gasteiger partial charge in [-0.2, -0.15) is 17.5 Å². The Morgan fingerprint density at radius 1 is 0.968 bits per heavy atom. The molecule has 1 heterocycles. The fourth-order valence-electron chi connectivity index (χ4n) is 3.19. The third kappa shape index (κ3) is 5.81. The zero-order chi connectivity index (χ0) is 22.6. The number of amides is 1. The van der Waals surface area contributed by atoms with Gasteiger partial charge in [-0.15, -0.1) is 0 Å². The van der Waals surface area contributed by atoms with E-state index in [1.807, 2.05) is 4.90 Å². The monoisotopic (exact) mass is 459 g/mol. The number of benzene rings is 2. The summed E-state index contributed by atoms with van der Waals surface area (Å²) in [6.07, 6.45) is -4.42. The van der Waals surface area contributed by atoms with Crippen molar-refractivity contribution in [3.63, 3.8) is 0 Å². The summed E-state index contributed by atoms with van der Waals surface area (Å²) < 4.78 is 78.2. The number of anilines is 1. The van der Waals surface area contributed by atoms with Gasteiger partial charge in [-0.3, -0.25) is 4.79 Å². The fourth-order valence-corrected chi connectivity index (χ4v) is 4.62. The first-order valence-corrected chi connectivity index (χ1v) is 11.0. The van der Waals surface area contributed by atoms with Crippen molar-refractivity contribution >= 4 is 21.6 Å². The minimum Gasteiger partial charge on any atom is -0.324 e. The molecule has 0 radical (unpaired) electrons. The number of nitrogens with zero attached hydrogens (tertiary/aromatic N) is 2. The van der Waals surface area contributed by atoms with Gasteiger partial charge in [0.1, 0.15) is 5.82 Å². The summed E-state index contributed by atoms with van der Waals surface area (Å²) in [5.41, 5.74) is -0.815. The molecule has 168 valence electrons. The number of para-hydroxylation sites is 1. The van der Waals surface area contributed by atoms with Crippen molar-refractivity contribution in [1.29, 1.82) is 0 Å². The highest BCUT2D eigenvalue weighted by Gasteiger charge is 2.32. The molecule has 0 atom stereocenters. The average Bonchev–Trinajstić information content (AvgIpc) is 2.74. The van der Waals surface area contributed by atoms with Gasteiger partial charge in [-0.25, -0.2) is 12.8 Å². The fraction of sp³-hybridized carbons (Fsp3) is 0.350. The number of hydrogen-bond donors (Lipinski definition) is 1. The Morgan fingerprint density at radius 3 is 2.16 bits per heavy atom. The highest BCUT2D eigenvalue weighted by Crippen LogP contribution is 2.30. The number of hydrogen-bond acceptors (Lipinski definition) is 4. The first kappa shape index (κ1) is 23.2. The highest BCUT2D eigenvalue weighted by atomic mass is 32.2. The van der Waals surface area contributed by atoms with Gasteiger partial charge in [0.2, 0.25) is 15.9 Å². The summed E-state index contributed by atoms with van der Waals surface area (Å²) in [6.45, 7) is 1.41. The summed E-state index contributed by atoms with van der Waals surface area (Å²) in [5, 5.41) is 2.49. The third-order valence-electron chi connectivity index (χ3n) is 4.95. The van der Waals surface area contributed by atoms with Crippen LogP contribution in [0.5, 0.6) is 0 Å².